The van der Waals surface area contributed by atoms with Gasteiger partial charge in [-0.15, -0.1) is 0 Å². The molecule has 2 aromatic carbocycles. The maximum atomic E-state index is 10.0. The lowest BCUT2D eigenvalue weighted by Gasteiger charge is -2.15. The van der Waals surface area contributed by atoms with E-state index >= 15 is 0 Å². The molecule has 2 atom stereocenters. The number of hydrogen-bond donors (Lipinski definition) is 2. The second kappa shape index (κ2) is 11.4. The van der Waals surface area contributed by atoms with Crippen LogP contribution in [0.4, 0.5) is 0 Å². The highest BCUT2D eigenvalue weighted by Gasteiger charge is 2.11. The average Bonchev–Trinajstić information content (AvgIpc) is 2.68. The van der Waals surface area contributed by atoms with Crippen LogP contribution in [-0.2, 0) is 22.7 Å². The van der Waals surface area contributed by atoms with Gasteiger partial charge in [0.25, 0.3) is 0 Å². The van der Waals surface area contributed by atoms with E-state index in [2.05, 4.69) is 0 Å². The van der Waals surface area contributed by atoms with Gasteiger partial charge in [-0.3, -0.25) is 0 Å². The molecule has 0 aliphatic rings. The number of aliphatic hydroxyl groups is 1. The van der Waals surface area contributed by atoms with E-state index in [4.69, 9.17) is 19.9 Å². The molecule has 0 saturated heterocycles. The number of benzene rings is 2. The summed E-state index contributed by atoms with van der Waals surface area (Å²) in [5.41, 5.74) is 8.07. The Balaban J connectivity index is 1.60. The van der Waals surface area contributed by atoms with Gasteiger partial charge in [0.05, 0.1) is 45.7 Å². The minimum Gasteiger partial charge on any atom is -0.497 e. The molecule has 0 unspecified atom stereocenters. The molecule has 0 spiro atoms. The summed E-state index contributed by atoms with van der Waals surface area (Å²) in [6, 6.07) is 17.0. The Labute approximate surface area is 155 Å². The van der Waals surface area contributed by atoms with Crippen molar-refractivity contribution in [2.45, 2.75) is 25.4 Å². The number of ether oxygens (including phenoxy) is 3. The van der Waals surface area contributed by atoms with E-state index in [-0.39, 0.29) is 6.61 Å². The van der Waals surface area contributed by atoms with E-state index in [1.165, 1.54) is 0 Å². The van der Waals surface area contributed by atoms with Crippen molar-refractivity contribution >= 4 is 0 Å². The summed E-state index contributed by atoms with van der Waals surface area (Å²) >= 11 is 0. The smallest absolute Gasteiger partial charge is 0.118 e. The molecule has 26 heavy (non-hydrogen) atoms. The van der Waals surface area contributed by atoms with Crippen LogP contribution in [0.5, 0.6) is 5.75 Å². The highest BCUT2D eigenvalue weighted by Crippen LogP contribution is 2.11. The fourth-order valence-electron chi connectivity index (χ4n) is 2.29. The van der Waals surface area contributed by atoms with Crippen molar-refractivity contribution in [1.82, 2.24) is 0 Å². The monoisotopic (exact) mass is 357 g/mol. The number of aliphatic hydroxyl groups excluding tert-OH is 1. The second-order valence-corrected chi connectivity index (χ2v) is 5.94. The predicted octanol–water partition coefficient (Wildman–Crippen LogP) is 2.67. The van der Waals surface area contributed by atoms with E-state index < -0.39 is 12.1 Å². The molecular weight excluding hydrogens is 330 g/mol. The van der Waals surface area contributed by atoms with E-state index in [1.807, 2.05) is 60.7 Å². The summed E-state index contributed by atoms with van der Waals surface area (Å²) in [6.07, 6.45) is 2.80. The minimum atomic E-state index is -0.753. The first kappa shape index (κ1) is 20.1. The Hall–Kier alpha value is -2.18. The van der Waals surface area contributed by atoms with Crippen LogP contribution in [0.3, 0.4) is 0 Å². The Morgan fingerprint density at radius 3 is 2.31 bits per heavy atom. The lowest BCUT2D eigenvalue weighted by atomic mass is 10.1. The van der Waals surface area contributed by atoms with Crippen LogP contribution in [0.2, 0.25) is 0 Å². The first-order valence-corrected chi connectivity index (χ1v) is 8.61. The van der Waals surface area contributed by atoms with Gasteiger partial charge < -0.3 is 25.1 Å². The zero-order chi connectivity index (χ0) is 18.6. The number of rotatable bonds is 11. The van der Waals surface area contributed by atoms with Crippen LogP contribution in [0, 0.1) is 0 Å². The van der Waals surface area contributed by atoms with Gasteiger partial charge in [0.15, 0.2) is 0 Å². The van der Waals surface area contributed by atoms with E-state index in [1.54, 1.807) is 13.2 Å². The number of methoxy groups -OCH3 is 1. The third-order valence-corrected chi connectivity index (χ3v) is 3.84. The zero-order valence-electron chi connectivity index (χ0n) is 15.1. The molecule has 2 aromatic rings. The summed E-state index contributed by atoms with van der Waals surface area (Å²) in [6.45, 7) is 1.58. The molecule has 0 fully saturated rings. The number of nitrogens with two attached hydrogens (primary N) is 1. The molecule has 0 bridgehead atoms. The zero-order valence-corrected chi connectivity index (χ0v) is 15.1. The van der Waals surface area contributed by atoms with Gasteiger partial charge in [0, 0.05) is 0 Å². The molecule has 0 radical (unpaired) electrons. The summed E-state index contributed by atoms with van der Waals surface area (Å²) in [4.78, 5) is 0. The normalized spacial score (nSPS) is 13.7. The molecule has 0 aromatic heterocycles. The van der Waals surface area contributed by atoms with Gasteiger partial charge in [-0.05, 0) is 23.3 Å². The quantitative estimate of drug-likeness (QED) is 0.478. The minimum absolute atomic E-state index is 0.188. The van der Waals surface area contributed by atoms with Gasteiger partial charge in [-0.2, -0.15) is 0 Å². The van der Waals surface area contributed by atoms with Crippen LogP contribution >= 0.6 is 0 Å². The predicted molar refractivity (Wildman–Crippen MR) is 102 cm³/mol. The van der Waals surface area contributed by atoms with Crippen LogP contribution in [0.25, 0.3) is 0 Å². The van der Waals surface area contributed by atoms with Crippen molar-refractivity contribution in [1.29, 1.82) is 0 Å². The van der Waals surface area contributed by atoms with E-state index in [9.17, 15) is 5.11 Å². The first-order valence-electron chi connectivity index (χ1n) is 8.61. The topological polar surface area (TPSA) is 73.9 Å². The first-order chi connectivity index (χ1) is 12.7. The van der Waals surface area contributed by atoms with Crippen LogP contribution in [0.1, 0.15) is 11.1 Å². The summed E-state index contributed by atoms with van der Waals surface area (Å²) < 4.78 is 16.2. The molecule has 0 amide bonds. The average molecular weight is 357 g/mol. The SMILES string of the molecule is COc1ccc(COC/C=C/[C@@H](N)[C@@H](O)COCc2ccccc2)cc1. The molecule has 3 N–H and O–H groups in total. The summed E-state index contributed by atoms with van der Waals surface area (Å²) in [7, 11) is 1.64. The molecule has 0 saturated carbocycles. The van der Waals surface area contributed by atoms with E-state index in [0.717, 1.165) is 16.9 Å². The third-order valence-electron chi connectivity index (χ3n) is 3.84. The van der Waals surface area contributed by atoms with Crippen LogP contribution < -0.4 is 10.5 Å². The summed E-state index contributed by atoms with van der Waals surface area (Å²) in [5.74, 6) is 0.822. The molecular formula is C21H27NO4. The number of hydrogen-bond acceptors (Lipinski definition) is 5. The van der Waals surface area contributed by atoms with Gasteiger partial charge in [0.2, 0.25) is 0 Å². The standard InChI is InChI=1S/C21H27NO4/c1-24-19-11-9-18(10-12-19)14-25-13-5-8-20(22)21(23)16-26-15-17-6-3-2-4-7-17/h2-12,20-21,23H,13-16,22H2,1H3/b8-5+/t20-,21+/m1/s1. The molecule has 0 aliphatic carbocycles. The Morgan fingerprint density at radius 1 is 0.962 bits per heavy atom. The van der Waals surface area contributed by atoms with Crippen molar-refractivity contribution in [2.24, 2.45) is 5.73 Å². The largest absolute Gasteiger partial charge is 0.497 e. The molecule has 5 heteroatoms. The van der Waals surface area contributed by atoms with Crippen molar-refractivity contribution < 1.29 is 19.3 Å². The van der Waals surface area contributed by atoms with Gasteiger partial charge in [-0.1, -0.05) is 54.6 Å². The van der Waals surface area contributed by atoms with Crippen molar-refractivity contribution in [3.8, 4) is 5.75 Å². The lowest BCUT2D eigenvalue weighted by Crippen LogP contribution is -2.36. The summed E-state index contributed by atoms with van der Waals surface area (Å²) in [5, 5.41) is 10.0. The second-order valence-electron chi connectivity index (χ2n) is 5.94. The Kier molecular flexibility index (Phi) is 8.86. The van der Waals surface area contributed by atoms with Crippen molar-refractivity contribution in [2.75, 3.05) is 20.3 Å². The third kappa shape index (κ3) is 7.37. The maximum Gasteiger partial charge on any atom is 0.118 e. The lowest BCUT2D eigenvalue weighted by molar-refractivity contribution is 0.0228. The van der Waals surface area contributed by atoms with Gasteiger partial charge in [0.1, 0.15) is 5.75 Å². The van der Waals surface area contributed by atoms with E-state index in [0.29, 0.717) is 19.8 Å². The highest BCUT2D eigenvalue weighted by atomic mass is 16.5. The van der Waals surface area contributed by atoms with Crippen molar-refractivity contribution in [3.05, 3.63) is 77.9 Å². The van der Waals surface area contributed by atoms with Crippen LogP contribution in [0.15, 0.2) is 66.7 Å². The van der Waals surface area contributed by atoms with Gasteiger partial charge in [-0.25, -0.2) is 0 Å². The van der Waals surface area contributed by atoms with Crippen molar-refractivity contribution in [3.63, 3.8) is 0 Å². The molecule has 5 nitrogen and oxygen atoms in total. The highest BCUT2D eigenvalue weighted by molar-refractivity contribution is 5.26. The Morgan fingerprint density at radius 2 is 1.62 bits per heavy atom. The van der Waals surface area contributed by atoms with Crippen LogP contribution in [-0.4, -0.2) is 37.6 Å². The Bertz CT molecular complexity index is 643. The van der Waals surface area contributed by atoms with Gasteiger partial charge >= 0.3 is 0 Å². The fraction of sp³-hybridized carbons (Fsp3) is 0.333. The molecule has 2 rings (SSSR count). The molecule has 0 aliphatic heterocycles. The fourth-order valence-corrected chi connectivity index (χ4v) is 2.29. The molecule has 0 heterocycles. The maximum absolute atomic E-state index is 10.0. The molecule has 140 valence electrons.